The summed E-state index contributed by atoms with van der Waals surface area (Å²) in [5.41, 5.74) is 8.96. The third kappa shape index (κ3) is 6.29. The number of carboxylic acid groups (broad SMARTS) is 1. The van der Waals surface area contributed by atoms with E-state index in [1.165, 1.54) is 31.0 Å². The van der Waals surface area contributed by atoms with Crippen molar-refractivity contribution in [1.29, 1.82) is 0 Å². The van der Waals surface area contributed by atoms with Gasteiger partial charge in [-0.2, -0.15) is 0 Å². The molecule has 0 saturated carbocycles. The summed E-state index contributed by atoms with van der Waals surface area (Å²) in [5, 5.41) is 12.7. The Hall–Kier alpha value is -3.42. The Kier molecular flexibility index (Phi) is 8.19. The normalized spacial score (nSPS) is 14.6. The minimum absolute atomic E-state index is 0.0981. The number of nitrogens with zero attached hydrogens (tertiary/aromatic N) is 2. The van der Waals surface area contributed by atoms with Gasteiger partial charge in [-0.05, 0) is 73.7 Å². The van der Waals surface area contributed by atoms with Crippen molar-refractivity contribution in [3.63, 3.8) is 0 Å². The molecule has 1 atom stereocenters. The van der Waals surface area contributed by atoms with E-state index in [2.05, 4.69) is 22.4 Å². The second-order valence-corrected chi connectivity index (χ2v) is 7.68. The molecule has 170 valence electrons. The molecular formula is C24H29FN4O3. The average molecular weight is 441 g/mol. The quantitative estimate of drug-likeness (QED) is 0.481. The van der Waals surface area contributed by atoms with E-state index in [1.807, 2.05) is 0 Å². The van der Waals surface area contributed by atoms with Gasteiger partial charge in [0.1, 0.15) is 5.82 Å². The predicted octanol–water partition coefficient (Wildman–Crippen LogP) is 4.04. The Labute approximate surface area is 187 Å². The van der Waals surface area contributed by atoms with Crippen LogP contribution in [0.25, 0.3) is 0 Å². The van der Waals surface area contributed by atoms with Crippen LogP contribution in [0.15, 0.2) is 47.6 Å². The maximum Gasteiger partial charge on any atom is 0.305 e. The number of methoxy groups -OCH3 is 1. The first-order valence-corrected chi connectivity index (χ1v) is 10.7. The number of aryl methyl sites for hydroxylation is 2. The lowest BCUT2D eigenvalue weighted by Gasteiger charge is -2.17. The topological polar surface area (TPSA) is 110 Å². The number of benzene rings is 1. The zero-order valence-corrected chi connectivity index (χ0v) is 18.2. The smallest absolute Gasteiger partial charge is 0.305 e. The first kappa shape index (κ1) is 23.2. The molecule has 0 spiro atoms. The van der Waals surface area contributed by atoms with Crippen LogP contribution < -0.4 is 15.8 Å². The molecule has 1 aliphatic rings. The zero-order chi connectivity index (χ0) is 22.9. The number of aliphatic imine (C=N–C) groups is 1. The molecule has 3 rings (SSSR count). The van der Waals surface area contributed by atoms with E-state index in [9.17, 15) is 14.3 Å². The van der Waals surface area contributed by atoms with Crippen molar-refractivity contribution in [2.24, 2.45) is 10.7 Å². The molecule has 1 aliphatic heterocycles. The molecule has 0 amide bonds. The van der Waals surface area contributed by atoms with Gasteiger partial charge in [-0.3, -0.25) is 9.79 Å². The summed E-state index contributed by atoms with van der Waals surface area (Å²) in [6.07, 6.45) is 7.07. The number of aliphatic carboxylic acids is 1. The molecule has 1 unspecified atom stereocenters. The first-order chi connectivity index (χ1) is 15.5. The van der Waals surface area contributed by atoms with Gasteiger partial charge in [0, 0.05) is 18.0 Å². The number of ether oxygens (including phenoxy) is 1. The van der Waals surface area contributed by atoms with Gasteiger partial charge in [0.25, 0.3) is 0 Å². The van der Waals surface area contributed by atoms with Gasteiger partial charge < -0.3 is 20.9 Å². The summed E-state index contributed by atoms with van der Waals surface area (Å²) in [6, 6.07) is 7.82. The van der Waals surface area contributed by atoms with Crippen molar-refractivity contribution in [1.82, 2.24) is 4.98 Å². The number of fused-ring (bicyclic) bond motifs is 1. The highest BCUT2D eigenvalue weighted by molar-refractivity contribution is 5.95. The van der Waals surface area contributed by atoms with E-state index in [1.54, 1.807) is 12.1 Å². The number of nitrogens with one attached hydrogen (secondary N) is 1. The van der Waals surface area contributed by atoms with E-state index in [-0.39, 0.29) is 12.2 Å². The third-order valence-electron chi connectivity index (χ3n) is 5.36. The minimum atomic E-state index is -1.02. The summed E-state index contributed by atoms with van der Waals surface area (Å²) in [4.78, 5) is 20.7. The van der Waals surface area contributed by atoms with Crippen LogP contribution >= 0.6 is 0 Å². The molecule has 0 bridgehead atoms. The number of hydrogen-bond acceptors (Lipinski definition) is 6. The Morgan fingerprint density at radius 3 is 2.97 bits per heavy atom. The van der Waals surface area contributed by atoms with Crippen LogP contribution in [0.4, 0.5) is 10.2 Å². The third-order valence-corrected chi connectivity index (χ3v) is 5.36. The van der Waals surface area contributed by atoms with Gasteiger partial charge in [0.05, 0.1) is 19.6 Å². The number of allylic oxidation sites excluding steroid dienone is 1. The molecular weight excluding hydrogens is 411 g/mol. The number of rotatable bonds is 10. The van der Waals surface area contributed by atoms with Crippen molar-refractivity contribution in [3.8, 4) is 5.75 Å². The van der Waals surface area contributed by atoms with Gasteiger partial charge in [0.15, 0.2) is 11.6 Å². The fourth-order valence-corrected chi connectivity index (χ4v) is 3.75. The molecule has 2 heterocycles. The van der Waals surface area contributed by atoms with Crippen molar-refractivity contribution in [3.05, 3.63) is 65.2 Å². The van der Waals surface area contributed by atoms with E-state index < -0.39 is 17.8 Å². The molecule has 32 heavy (non-hydrogen) atoms. The highest BCUT2D eigenvalue weighted by Crippen LogP contribution is 2.27. The van der Waals surface area contributed by atoms with E-state index in [0.717, 1.165) is 43.7 Å². The van der Waals surface area contributed by atoms with Crippen molar-refractivity contribution < 1.29 is 19.0 Å². The molecule has 0 aliphatic carbocycles. The number of carbonyl (C=O) groups is 1. The van der Waals surface area contributed by atoms with E-state index in [4.69, 9.17) is 15.5 Å². The Balaban J connectivity index is 1.73. The van der Waals surface area contributed by atoms with Crippen molar-refractivity contribution in [2.45, 2.75) is 44.6 Å². The largest absolute Gasteiger partial charge is 0.494 e. The predicted molar refractivity (Wildman–Crippen MR) is 123 cm³/mol. The monoisotopic (exact) mass is 440 g/mol. The van der Waals surface area contributed by atoms with Crippen LogP contribution in [0.1, 0.15) is 48.5 Å². The molecule has 0 fully saturated rings. The zero-order valence-electron chi connectivity index (χ0n) is 18.2. The van der Waals surface area contributed by atoms with Crippen LogP contribution in [0.5, 0.6) is 5.75 Å². The standard InChI is InChI=1S/C24H29FN4O3/c1-32-22-10-8-17(14-20(22)25)21(15-23(30)31)28-19(11-12-26)6-2-5-18-9-7-16-4-3-13-27-24(16)29-18/h7-12,14,21H,2-6,13,15,26H2,1H3,(H,27,29)(H,30,31). The van der Waals surface area contributed by atoms with Crippen LogP contribution in [-0.4, -0.2) is 35.4 Å². The Bertz CT molecular complexity index is 1010. The van der Waals surface area contributed by atoms with Gasteiger partial charge in [0.2, 0.25) is 0 Å². The molecule has 1 aromatic heterocycles. The van der Waals surface area contributed by atoms with Crippen molar-refractivity contribution >= 4 is 17.5 Å². The van der Waals surface area contributed by atoms with Crippen LogP contribution in [0, 0.1) is 5.82 Å². The number of carboxylic acids is 1. The average Bonchev–Trinajstić information content (AvgIpc) is 2.78. The highest BCUT2D eigenvalue weighted by Gasteiger charge is 2.18. The summed E-state index contributed by atoms with van der Waals surface area (Å²) >= 11 is 0. The summed E-state index contributed by atoms with van der Waals surface area (Å²) in [6.45, 7) is 0.943. The number of anilines is 1. The van der Waals surface area contributed by atoms with Gasteiger partial charge in [-0.15, -0.1) is 0 Å². The second-order valence-electron chi connectivity index (χ2n) is 7.68. The number of pyridine rings is 1. The maximum absolute atomic E-state index is 14.2. The molecule has 1 aromatic carbocycles. The lowest BCUT2D eigenvalue weighted by molar-refractivity contribution is -0.137. The second kappa shape index (κ2) is 11.3. The molecule has 2 aromatic rings. The van der Waals surface area contributed by atoms with Crippen LogP contribution in [0.2, 0.25) is 0 Å². The maximum atomic E-state index is 14.2. The van der Waals surface area contributed by atoms with E-state index in [0.29, 0.717) is 17.7 Å². The SMILES string of the molecule is COc1ccc(C(CC(=O)O)N=C(C=CN)CCCc2ccc3c(n2)NCCC3)cc1F. The Morgan fingerprint density at radius 1 is 1.41 bits per heavy atom. The van der Waals surface area contributed by atoms with Gasteiger partial charge in [-0.1, -0.05) is 12.1 Å². The lowest BCUT2D eigenvalue weighted by atomic mass is 10.0. The number of hydrogen-bond donors (Lipinski definition) is 3. The van der Waals surface area contributed by atoms with Gasteiger partial charge in [-0.25, -0.2) is 9.37 Å². The molecule has 8 heteroatoms. The molecule has 0 radical (unpaired) electrons. The number of halogens is 1. The molecule has 7 nitrogen and oxygen atoms in total. The minimum Gasteiger partial charge on any atom is -0.494 e. The fourth-order valence-electron chi connectivity index (χ4n) is 3.75. The fraction of sp³-hybridized carbons (Fsp3) is 0.375. The molecule has 4 N–H and O–H groups in total. The number of nitrogens with two attached hydrogens (primary N) is 1. The Morgan fingerprint density at radius 2 is 2.25 bits per heavy atom. The first-order valence-electron chi connectivity index (χ1n) is 10.7. The summed E-state index contributed by atoms with van der Waals surface area (Å²) in [5.74, 6) is -0.510. The van der Waals surface area contributed by atoms with Gasteiger partial charge >= 0.3 is 5.97 Å². The van der Waals surface area contributed by atoms with E-state index >= 15 is 0 Å². The summed E-state index contributed by atoms with van der Waals surface area (Å²) in [7, 11) is 1.38. The van der Waals surface area contributed by atoms with Crippen LogP contribution in [-0.2, 0) is 17.6 Å². The highest BCUT2D eigenvalue weighted by atomic mass is 19.1. The molecule has 0 saturated heterocycles. The number of aromatic nitrogens is 1. The van der Waals surface area contributed by atoms with Crippen LogP contribution in [0.3, 0.4) is 0 Å². The summed E-state index contributed by atoms with van der Waals surface area (Å²) < 4.78 is 19.1. The lowest BCUT2D eigenvalue weighted by Crippen LogP contribution is -2.14. The van der Waals surface area contributed by atoms with Crippen molar-refractivity contribution in [2.75, 3.05) is 19.0 Å².